The second-order valence-corrected chi connectivity index (χ2v) is 6.19. The number of hydrogen-bond donors (Lipinski definition) is 0. The van der Waals surface area contributed by atoms with Crippen LogP contribution < -0.4 is 0 Å². The minimum Gasteiger partial charge on any atom is -0.440 e. The zero-order valence-electron chi connectivity index (χ0n) is 14.7. The smallest absolute Gasteiger partial charge is 0.422 e. The van der Waals surface area contributed by atoms with Crippen LogP contribution in [-0.4, -0.2) is 49.9 Å². The largest absolute Gasteiger partial charge is 0.440 e. The van der Waals surface area contributed by atoms with E-state index in [-0.39, 0.29) is 25.7 Å². The topological polar surface area (TPSA) is 48.0 Å². The number of nitrogens with zero attached hydrogens (tertiary/aromatic N) is 1. The summed E-state index contributed by atoms with van der Waals surface area (Å²) < 4.78 is 52.2. The molecular formula is C19H20F3NO4. The molecule has 0 N–H and O–H groups in total. The van der Waals surface area contributed by atoms with Crippen LogP contribution in [0.4, 0.5) is 18.0 Å². The van der Waals surface area contributed by atoms with Crippen molar-refractivity contribution in [3.8, 4) is 0 Å². The van der Waals surface area contributed by atoms with E-state index in [2.05, 4.69) is 4.74 Å². The molecule has 0 spiro atoms. The Morgan fingerprint density at radius 2 is 1.81 bits per heavy atom. The molecule has 0 bridgehead atoms. The summed E-state index contributed by atoms with van der Waals surface area (Å²) in [4.78, 5) is 12.9. The van der Waals surface area contributed by atoms with Crippen molar-refractivity contribution in [1.82, 2.24) is 4.90 Å². The van der Waals surface area contributed by atoms with Crippen molar-refractivity contribution in [2.75, 3.05) is 26.4 Å². The zero-order chi connectivity index (χ0) is 19.4. The maximum Gasteiger partial charge on any atom is 0.422 e. The number of rotatable bonds is 4. The lowest BCUT2D eigenvalue weighted by Crippen LogP contribution is -2.48. The first-order valence-electron chi connectivity index (χ1n) is 8.60. The van der Waals surface area contributed by atoms with Crippen molar-refractivity contribution in [2.45, 2.75) is 25.4 Å². The number of carbonyl (C=O) groups excluding carboxylic acids is 1. The van der Waals surface area contributed by atoms with Crippen LogP contribution in [0.3, 0.4) is 0 Å². The lowest BCUT2D eigenvalue weighted by molar-refractivity contribution is -0.249. The van der Waals surface area contributed by atoms with Crippen molar-refractivity contribution in [1.29, 1.82) is 0 Å². The van der Waals surface area contributed by atoms with Crippen LogP contribution in [0.2, 0.25) is 0 Å². The predicted octanol–water partition coefficient (Wildman–Crippen LogP) is 4.27. The maximum atomic E-state index is 12.2. The van der Waals surface area contributed by atoms with E-state index in [1.807, 2.05) is 42.5 Å². The van der Waals surface area contributed by atoms with Gasteiger partial charge in [-0.15, -0.1) is 0 Å². The molecule has 146 valence electrons. The van der Waals surface area contributed by atoms with Crippen LogP contribution in [0.15, 0.2) is 42.5 Å². The highest BCUT2D eigenvalue weighted by Crippen LogP contribution is 2.30. The zero-order valence-corrected chi connectivity index (χ0v) is 14.7. The van der Waals surface area contributed by atoms with Gasteiger partial charge in [0.05, 0.1) is 13.2 Å². The molecule has 2 aromatic rings. The number of hydrogen-bond acceptors (Lipinski definition) is 4. The van der Waals surface area contributed by atoms with Crippen molar-refractivity contribution >= 4 is 16.9 Å². The van der Waals surface area contributed by atoms with E-state index >= 15 is 0 Å². The van der Waals surface area contributed by atoms with Crippen LogP contribution in [0.5, 0.6) is 0 Å². The van der Waals surface area contributed by atoms with Crippen LogP contribution in [0.25, 0.3) is 10.8 Å². The van der Waals surface area contributed by atoms with Crippen molar-refractivity contribution in [2.24, 2.45) is 0 Å². The number of fused-ring (bicyclic) bond motifs is 1. The standard InChI is InChI=1S/C19H20F3NO4/c1-2-23(17(24)27-12-19(20,21)22)18-25-10-14(11-26-18)16-9-5-7-13-6-3-4-8-15(13)16/h3-9,14,18H,2,10-12H2,1H3. The average Bonchev–Trinajstić information content (AvgIpc) is 2.66. The first-order chi connectivity index (χ1) is 12.9. The highest BCUT2D eigenvalue weighted by molar-refractivity contribution is 5.86. The minimum absolute atomic E-state index is 0.0442. The third-order valence-electron chi connectivity index (χ3n) is 4.33. The average molecular weight is 383 g/mol. The Labute approximate surface area is 154 Å². The summed E-state index contributed by atoms with van der Waals surface area (Å²) in [6.07, 6.45) is -6.77. The van der Waals surface area contributed by atoms with E-state index in [0.29, 0.717) is 0 Å². The van der Waals surface area contributed by atoms with Gasteiger partial charge in [0.25, 0.3) is 0 Å². The number of halogens is 3. The second-order valence-electron chi connectivity index (χ2n) is 6.19. The number of benzene rings is 2. The highest BCUT2D eigenvalue weighted by atomic mass is 19.4. The van der Waals surface area contributed by atoms with E-state index in [1.54, 1.807) is 6.92 Å². The van der Waals surface area contributed by atoms with E-state index < -0.39 is 25.3 Å². The van der Waals surface area contributed by atoms with E-state index in [1.165, 1.54) is 0 Å². The fraction of sp³-hybridized carbons (Fsp3) is 0.421. The van der Waals surface area contributed by atoms with Gasteiger partial charge in [-0.1, -0.05) is 42.5 Å². The van der Waals surface area contributed by atoms with Gasteiger partial charge in [-0.05, 0) is 23.3 Å². The molecule has 27 heavy (non-hydrogen) atoms. The normalized spacial score (nSPS) is 20.4. The third-order valence-corrected chi connectivity index (χ3v) is 4.33. The third kappa shape index (κ3) is 4.70. The van der Waals surface area contributed by atoms with Gasteiger partial charge in [-0.2, -0.15) is 13.2 Å². The molecule has 0 unspecified atom stereocenters. The molecule has 1 heterocycles. The van der Waals surface area contributed by atoms with Crippen LogP contribution in [0.1, 0.15) is 18.4 Å². The molecule has 5 nitrogen and oxygen atoms in total. The Morgan fingerprint density at radius 3 is 2.48 bits per heavy atom. The molecule has 8 heteroatoms. The molecule has 3 rings (SSSR count). The molecule has 1 saturated heterocycles. The summed E-state index contributed by atoms with van der Waals surface area (Å²) in [5.41, 5.74) is 1.06. The quantitative estimate of drug-likeness (QED) is 0.791. The number of alkyl halides is 3. The summed E-state index contributed by atoms with van der Waals surface area (Å²) in [7, 11) is 0. The first kappa shape index (κ1) is 19.4. The number of amides is 1. The second kappa shape index (κ2) is 8.14. The Hall–Kier alpha value is -2.32. The van der Waals surface area contributed by atoms with Gasteiger partial charge in [0.1, 0.15) is 0 Å². The summed E-state index contributed by atoms with van der Waals surface area (Å²) in [6.45, 7) is 0.621. The van der Waals surface area contributed by atoms with Gasteiger partial charge in [-0.25, -0.2) is 4.79 Å². The summed E-state index contributed by atoms with van der Waals surface area (Å²) in [6, 6.07) is 13.9. The fourth-order valence-electron chi connectivity index (χ4n) is 3.05. The van der Waals surface area contributed by atoms with Gasteiger partial charge in [0.2, 0.25) is 6.41 Å². The minimum atomic E-state index is -4.58. The molecule has 0 saturated carbocycles. The van der Waals surface area contributed by atoms with Crippen molar-refractivity contribution in [3.05, 3.63) is 48.0 Å². The number of carbonyl (C=O) groups is 1. The van der Waals surface area contributed by atoms with E-state index in [0.717, 1.165) is 21.2 Å². The summed E-state index contributed by atoms with van der Waals surface area (Å²) in [5.74, 6) is -0.0442. The van der Waals surface area contributed by atoms with Crippen LogP contribution >= 0.6 is 0 Å². The Bertz CT molecular complexity index is 783. The molecule has 1 fully saturated rings. The van der Waals surface area contributed by atoms with Crippen molar-refractivity contribution in [3.63, 3.8) is 0 Å². The fourth-order valence-corrected chi connectivity index (χ4v) is 3.05. The molecule has 1 aliphatic heterocycles. The van der Waals surface area contributed by atoms with Crippen molar-refractivity contribution < 1.29 is 32.2 Å². The van der Waals surface area contributed by atoms with Gasteiger partial charge in [-0.3, -0.25) is 4.90 Å². The van der Waals surface area contributed by atoms with Gasteiger partial charge < -0.3 is 14.2 Å². The van der Waals surface area contributed by atoms with Crippen LogP contribution in [0, 0.1) is 0 Å². The summed E-state index contributed by atoms with van der Waals surface area (Å²) >= 11 is 0. The van der Waals surface area contributed by atoms with Gasteiger partial charge in [0, 0.05) is 12.5 Å². The number of ether oxygens (including phenoxy) is 3. The lowest BCUT2D eigenvalue weighted by Gasteiger charge is -2.35. The monoisotopic (exact) mass is 383 g/mol. The van der Waals surface area contributed by atoms with Gasteiger partial charge >= 0.3 is 12.3 Å². The molecule has 0 radical (unpaired) electrons. The molecule has 0 aliphatic carbocycles. The molecule has 1 aliphatic rings. The Balaban J connectivity index is 1.64. The van der Waals surface area contributed by atoms with E-state index in [9.17, 15) is 18.0 Å². The molecule has 0 aromatic heterocycles. The molecular weight excluding hydrogens is 363 g/mol. The lowest BCUT2D eigenvalue weighted by atomic mass is 9.94. The Morgan fingerprint density at radius 1 is 1.15 bits per heavy atom. The SMILES string of the molecule is CCN(C(=O)OCC(F)(F)F)C1OCC(c2cccc3ccccc23)CO1. The molecule has 1 amide bonds. The predicted molar refractivity (Wildman–Crippen MR) is 92.2 cm³/mol. The first-order valence-corrected chi connectivity index (χ1v) is 8.60. The van der Waals surface area contributed by atoms with Gasteiger partial charge in [0.15, 0.2) is 6.61 Å². The summed E-state index contributed by atoms with van der Waals surface area (Å²) in [5, 5.41) is 2.19. The molecule has 0 atom stereocenters. The van der Waals surface area contributed by atoms with E-state index in [4.69, 9.17) is 9.47 Å². The molecule has 2 aromatic carbocycles. The highest BCUT2D eigenvalue weighted by Gasteiger charge is 2.35. The van der Waals surface area contributed by atoms with Crippen LogP contribution in [-0.2, 0) is 14.2 Å². The Kier molecular flexibility index (Phi) is 5.86. The maximum absolute atomic E-state index is 12.2.